The number of carbonyl (C=O) groups is 1. The molecule has 5 nitrogen and oxygen atoms in total. The number of aromatic nitrogens is 1. The minimum atomic E-state index is -0.327. The molecule has 0 aromatic carbocycles. The first-order valence-electron chi connectivity index (χ1n) is 7.13. The first-order chi connectivity index (χ1) is 9.61. The molecule has 1 aliphatic rings. The van der Waals surface area contributed by atoms with Crippen molar-refractivity contribution in [1.29, 1.82) is 0 Å². The van der Waals surface area contributed by atoms with E-state index in [1.54, 1.807) is 12.3 Å². The summed E-state index contributed by atoms with van der Waals surface area (Å²) in [4.78, 5) is 18.5. The summed E-state index contributed by atoms with van der Waals surface area (Å²) in [6, 6.07) is 4.01. The topological polar surface area (TPSA) is 51.7 Å². The number of rotatable bonds is 5. The highest BCUT2D eigenvalue weighted by atomic mass is 16.6. The second-order valence-corrected chi connectivity index (χ2v) is 5.18. The fourth-order valence-corrected chi connectivity index (χ4v) is 2.29. The third-order valence-corrected chi connectivity index (χ3v) is 3.40. The standard InChI is InChI=1S/C15H22N2O3/c1-4-17(11(2)3)14-6-5-12(9-16-14)15(18)20-13-7-8-19-10-13/h5-6,9,11,13H,4,7-8,10H2,1-3H3/t13-/m1/s1. The molecular weight excluding hydrogens is 256 g/mol. The van der Waals surface area contributed by atoms with Crippen molar-refractivity contribution < 1.29 is 14.3 Å². The molecule has 2 rings (SSSR count). The molecule has 2 heterocycles. The summed E-state index contributed by atoms with van der Waals surface area (Å²) in [6.07, 6.45) is 2.23. The Hall–Kier alpha value is -1.62. The molecule has 20 heavy (non-hydrogen) atoms. The van der Waals surface area contributed by atoms with Gasteiger partial charge >= 0.3 is 5.97 Å². The van der Waals surface area contributed by atoms with Crippen LogP contribution in [0.4, 0.5) is 5.82 Å². The van der Waals surface area contributed by atoms with Crippen LogP contribution in [0.25, 0.3) is 0 Å². The van der Waals surface area contributed by atoms with Crippen molar-refractivity contribution >= 4 is 11.8 Å². The summed E-state index contributed by atoms with van der Waals surface area (Å²) in [5.74, 6) is 0.551. The van der Waals surface area contributed by atoms with Crippen molar-refractivity contribution in [3.8, 4) is 0 Å². The average molecular weight is 278 g/mol. The third kappa shape index (κ3) is 3.48. The number of anilines is 1. The van der Waals surface area contributed by atoms with Crippen molar-refractivity contribution in [3.63, 3.8) is 0 Å². The molecule has 0 saturated carbocycles. The summed E-state index contributed by atoms with van der Waals surface area (Å²) in [6.45, 7) is 8.36. The van der Waals surface area contributed by atoms with Gasteiger partial charge in [-0.3, -0.25) is 0 Å². The Morgan fingerprint density at radius 1 is 1.55 bits per heavy atom. The van der Waals surface area contributed by atoms with Crippen molar-refractivity contribution in [2.24, 2.45) is 0 Å². The maximum Gasteiger partial charge on any atom is 0.340 e. The zero-order valence-electron chi connectivity index (χ0n) is 12.3. The molecule has 1 aliphatic heterocycles. The van der Waals surface area contributed by atoms with Crippen LogP contribution in [0.3, 0.4) is 0 Å². The number of carbonyl (C=O) groups excluding carboxylic acids is 1. The van der Waals surface area contributed by atoms with Crippen LogP contribution in [0.5, 0.6) is 0 Å². The molecule has 0 N–H and O–H groups in total. The second-order valence-electron chi connectivity index (χ2n) is 5.18. The molecule has 0 spiro atoms. The van der Waals surface area contributed by atoms with Gasteiger partial charge in [0.15, 0.2) is 0 Å². The maximum atomic E-state index is 12.0. The quantitative estimate of drug-likeness (QED) is 0.773. The molecule has 1 aromatic heterocycles. The highest BCUT2D eigenvalue weighted by Gasteiger charge is 2.21. The van der Waals surface area contributed by atoms with Crippen molar-refractivity contribution in [1.82, 2.24) is 4.98 Å². The van der Waals surface area contributed by atoms with Crippen molar-refractivity contribution in [2.45, 2.75) is 39.3 Å². The largest absolute Gasteiger partial charge is 0.456 e. The van der Waals surface area contributed by atoms with Gasteiger partial charge in [0.1, 0.15) is 11.9 Å². The molecule has 1 aromatic rings. The van der Waals surface area contributed by atoms with E-state index in [0.717, 1.165) is 18.8 Å². The predicted octanol–water partition coefficient (Wildman–Crippen LogP) is 2.26. The Labute approximate surface area is 119 Å². The Balaban J connectivity index is 2.01. The fourth-order valence-electron chi connectivity index (χ4n) is 2.29. The van der Waals surface area contributed by atoms with E-state index in [9.17, 15) is 4.79 Å². The number of pyridine rings is 1. The van der Waals surface area contributed by atoms with Gasteiger partial charge < -0.3 is 14.4 Å². The normalized spacial score (nSPS) is 18.3. The lowest BCUT2D eigenvalue weighted by atomic mass is 10.2. The van der Waals surface area contributed by atoms with E-state index in [0.29, 0.717) is 24.8 Å². The fraction of sp³-hybridized carbons (Fsp3) is 0.600. The molecule has 1 saturated heterocycles. The molecule has 1 fully saturated rings. The number of hydrogen-bond acceptors (Lipinski definition) is 5. The molecule has 110 valence electrons. The first-order valence-corrected chi connectivity index (χ1v) is 7.13. The highest BCUT2D eigenvalue weighted by molar-refractivity contribution is 5.89. The lowest BCUT2D eigenvalue weighted by Crippen LogP contribution is -2.31. The van der Waals surface area contributed by atoms with E-state index < -0.39 is 0 Å². The molecule has 0 radical (unpaired) electrons. The summed E-state index contributed by atoms with van der Waals surface area (Å²) in [5, 5.41) is 0. The first kappa shape index (κ1) is 14.8. The van der Waals surface area contributed by atoms with Gasteiger partial charge in [-0.2, -0.15) is 0 Å². The van der Waals surface area contributed by atoms with Gasteiger partial charge in [-0.05, 0) is 32.9 Å². The van der Waals surface area contributed by atoms with Crippen LogP contribution in [0.15, 0.2) is 18.3 Å². The minimum Gasteiger partial charge on any atom is -0.456 e. The number of esters is 1. The van der Waals surface area contributed by atoms with Crippen molar-refractivity contribution in [2.75, 3.05) is 24.7 Å². The number of ether oxygens (including phenoxy) is 2. The summed E-state index contributed by atoms with van der Waals surface area (Å²) in [5.41, 5.74) is 0.487. The molecule has 0 aliphatic carbocycles. The summed E-state index contributed by atoms with van der Waals surface area (Å²) in [7, 11) is 0. The average Bonchev–Trinajstić information content (AvgIpc) is 2.92. The molecule has 0 amide bonds. The molecular formula is C15H22N2O3. The SMILES string of the molecule is CCN(c1ccc(C(=O)O[C@@H]2CCOC2)cn1)C(C)C. The van der Waals surface area contributed by atoms with Crippen LogP contribution in [0.2, 0.25) is 0 Å². The van der Waals surface area contributed by atoms with Crippen LogP contribution in [0, 0.1) is 0 Å². The van der Waals surface area contributed by atoms with E-state index in [4.69, 9.17) is 9.47 Å². The predicted molar refractivity (Wildman–Crippen MR) is 77.0 cm³/mol. The smallest absolute Gasteiger partial charge is 0.340 e. The van der Waals surface area contributed by atoms with Crippen LogP contribution in [-0.4, -0.2) is 42.9 Å². The zero-order chi connectivity index (χ0) is 14.5. The number of hydrogen-bond donors (Lipinski definition) is 0. The summed E-state index contributed by atoms with van der Waals surface area (Å²) >= 11 is 0. The van der Waals surface area contributed by atoms with Gasteiger partial charge in [0.2, 0.25) is 0 Å². The van der Waals surface area contributed by atoms with E-state index in [1.165, 1.54) is 0 Å². The highest BCUT2D eigenvalue weighted by Crippen LogP contribution is 2.16. The lowest BCUT2D eigenvalue weighted by Gasteiger charge is -2.26. The van der Waals surface area contributed by atoms with E-state index in [-0.39, 0.29) is 12.1 Å². The molecule has 1 atom stereocenters. The third-order valence-electron chi connectivity index (χ3n) is 3.40. The van der Waals surface area contributed by atoms with Gasteiger partial charge in [-0.25, -0.2) is 9.78 Å². The van der Waals surface area contributed by atoms with Gasteiger partial charge in [-0.15, -0.1) is 0 Å². The Morgan fingerprint density at radius 2 is 2.35 bits per heavy atom. The van der Waals surface area contributed by atoms with Gasteiger partial charge in [-0.1, -0.05) is 0 Å². The second kappa shape index (κ2) is 6.70. The minimum absolute atomic E-state index is 0.120. The zero-order valence-corrected chi connectivity index (χ0v) is 12.3. The van der Waals surface area contributed by atoms with Gasteiger partial charge in [0.25, 0.3) is 0 Å². The van der Waals surface area contributed by atoms with E-state index in [2.05, 4.69) is 30.7 Å². The molecule has 0 unspecified atom stereocenters. The Morgan fingerprint density at radius 3 is 2.85 bits per heavy atom. The van der Waals surface area contributed by atoms with Gasteiger partial charge in [0, 0.05) is 25.2 Å². The van der Waals surface area contributed by atoms with Crippen LogP contribution in [0.1, 0.15) is 37.6 Å². The maximum absolute atomic E-state index is 12.0. The van der Waals surface area contributed by atoms with Crippen molar-refractivity contribution in [3.05, 3.63) is 23.9 Å². The van der Waals surface area contributed by atoms with Crippen LogP contribution >= 0.6 is 0 Å². The van der Waals surface area contributed by atoms with Crippen LogP contribution in [-0.2, 0) is 9.47 Å². The van der Waals surface area contributed by atoms with E-state index in [1.807, 2.05) is 6.07 Å². The van der Waals surface area contributed by atoms with Gasteiger partial charge in [0.05, 0.1) is 18.8 Å². The number of nitrogens with zero attached hydrogens (tertiary/aromatic N) is 2. The summed E-state index contributed by atoms with van der Waals surface area (Å²) < 4.78 is 10.5. The van der Waals surface area contributed by atoms with E-state index >= 15 is 0 Å². The lowest BCUT2D eigenvalue weighted by molar-refractivity contribution is 0.0270. The van der Waals surface area contributed by atoms with Crippen LogP contribution < -0.4 is 4.90 Å². The Bertz CT molecular complexity index is 439. The Kier molecular flexibility index (Phi) is 4.95. The molecule has 5 heteroatoms. The monoisotopic (exact) mass is 278 g/mol. The molecule has 0 bridgehead atoms.